The number of carbonyl (C=O) groups excluding carboxylic acids is 1. The zero-order valence-electron chi connectivity index (χ0n) is 17.2. The van der Waals surface area contributed by atoms with E-state index in [1.807, 2.05) is 24.4 Å². The molecule has 0 unspecified atom stereocenters. The van der Waals surface area contributed by atoms with Crippen molar-refractivity contribution in [1.29, 1.82) is 0 Å². The molecule has 2 aromatic heterocycles. The van der Waals surface area contributed by atoms with Gasteiger partial charge in [0.05, 0.1) is 24.6 Å². The number of nitrogens with zero attached hydrogens (tertiary/aromatic N) is 3. The van der Waals surface area contributed by atoms with Crippen LogP contribution in [-0.2, 0) is 4.74 Å². The Kier molecular flexibility index (Phi) is 4.98. The van der Waals surface area contributed by atoms with E-state index in [-0.39, 0.29) is 11.8 Å². The average molecular weight is 415 g/mol. The molecule has 2 heterocycles. The number of methoxy groups -OCH3 is 1. The summed E-state index contributed by atoms with van der Waals surface area (Å²) in [6.45, 7) is 0. The van der Waals surface area contributed by atoms with Crippen LogP contribution in [0.3, 0.4) is 0 Å². The van der Waals surface area contributed by atoms with Gasteiger partial charge in [-0.1, -0.05) is 18.9 Å². The van der Waals surface area contributed by atoms with Gasteiger partial charge < -0.3 is 4.74 Å². The van der Waals surface area contributed by atoms with Gasteiger partial charge in [-0.25, -0.2) is 13.9 Å². The highest BCUT2D eigenvalue weighted by Gasteiger charge is 2.24. The Morgan fingerprint density at radius 3 is 2.61 bits per heavy atom. The molecule has 31 heavy (non-hydrogen) atoms. The average Bonchev–Trinajstić information content (AvgIpc) is 3.48. The van der Waals surface area contributed by atoms with Crippen LogP contribution in [0.25, 0.3) is 27.8 Å². The SMILES string of the molecule is COC(=O)c1ccc(-c2ccnc3cn(-c4ccc(F)cc4)nc23)cc1C1CCCC1. The number of hydrogen-bond acceptors (Lipinski definition) is 4. The standard InChI is InChI=1S/C25H22FN3O2/c1-31-25(30)21-11-6-17(14-22(21)16-4-2-3-5-16)20-12-13-27-23-15-29(28-24(20)23)19-9-7-18(26)8-10-19/h6-16H,2-5H2,1H3. The molecular weight excluding hydrogens is 393 g/mol. The normalized spacial score (nSPS) is 14.3. The molecule has 1 fully saturated rings. The second-order valence-corrected chi connectivity index (χ2v) is 7.92. The van der Waals surface area contributed by atoms with Crippen LogP contribution >= 0.6 is 0 Å². The number of carbonyl (C=O) groups is 1. The zero-order valence-corrected chi connectivity index (χ0v) is 17.2. The number of halogens is 1. The van der Waals surface area contributed by atoms with Crippen molar-refractivity contribution < 1.29 is 13.9 Å². The lowest BCUT2D eigenvalue weighted by Crippen LogP contribution is -2.08. The quantitative estimate of drug-likeness (QED) is 0.403. The van der Waals surface area contributed by atoms with Crippen molar-refractivity contribution in [2.24, 2.45) is 0 Å². The van der Waals surface area contributed by atoms with Crippen molar-refractivity contribution in [2.75, 3.05) is 7.11 Å². The topological polar surface area (TPSA) is 57.0 Å². The van der Waals surface area contributed by atoms with Crippen LogP contribution < -0.4 is 0 Å². The minimum atomic E-state index is -0.297. The molecule has 0 N–H and O–H groups in total. The molecule has 4 aromatic rings. The van der Waals surface area contributed by atoms with Gasteiger partial charge in [-0.3, -0.25) is 4.98 Å². The van der Waals surface area contributed by atoms with E-state index >= 15 is 0 Å². The predicted molar refractivity (Wildman–Crippen MR) is 117 cm³/mol. The van der Waals surface area contributed by atoms with Gasteiger partial charge in [0.1, 0.15) is 16.9 Å². The van der Waals surface area contributed by atoms with E-state index < -0.39 is 0 Å². The first-order valence-electron chi connectivity index (χ1n) is 10.5. The molecule has 1 saturated carbocycles. The zero-order chi connectivity index (χ0) is 21.4. The number of benzene rings is 2. The molecule has 0 saturated heterocycles. The Labute approximate surface area is 179 Å². The molecule has 6 heteroatoms. The minimum absolute atomic E-state index is 0.288. The third kappa shape index (κ3) is 3.58. The smallest absolute Gasteiger partial charge is 0.338 e. The summed E-state index contributed by atoms with van der Waals surface area (Å²) in [6, 6.07) is 14.0. The highest BCUT2D eigenvalue weighted by atomic mass is 19.1. The second-order valence-electron chi connectivity index (χ2n) is 7.92. The Morgan fingerprint density at radius 2 is 1.87 bits per heavy atom. The van der Waals surface area contributed by atoms with Gasteiger partial charge in [0.15, 0.2) is 0 Å². The van der Waals surface area contributed by atoms with Gasteiger partial charge in [-0.2, -0.15) is 5.10 Å². The molecule has 0 amide bonds. The molecule has 2 aromatic carbocycles. The number of pyridine rings is 1. The molecule has 0 spiro atoms. The van der Waals surface area contributed by atoms with Crippen LogP contribution in [0.15, 0.2) is 60.9 Å². The molecular formula is C25H22FN3O2. The van der Waals surface area contributed by atoms with Crippen molar-refractivity contribution >= 4 is 17.0 Å². The molecule has 1 aliphatic carbocycles. The summed E-state index contributed by atoms with van der Waals surface area (Å²) in [6.07, 6.45) is 8.12. The number of hydrogen-bond donors (Lipinski definition) is 0. The lowest BCUT2D eigenvalue weighted by molar-refractivity contribution is 0.0599. The van der Waals surface area contributed by atoms with Crippen molar-refractivity contribution in [2.45, 2.75) is 31.6 Å². The summed E-state index contributed by atoms with van der Waals surface area (Å²) in [5, 5.41) is 4.73. The molecule has 1 aliphatic rings. The van der Waals surface area contributed by atoms with Crippen LogP contribution in [0.1, 0.15) is 47.5 Å². The van der Waals surface area contributed by atoms with Crippen LogP contribution in [0.2, 0.25) is 0 Å². The summed E-state index contributed by atoms with van der Waals surface area (Å²) in [5.41, 5.74) is 5.90. The van der Waals surface area contributed by atoms with Gasteiger partial charge in [-0.05, 0) is 72.4 Å². The molecule has 5 nitrogen and oxygen atoms in total. The Hall–Kier alpha value is -3.54. The van der Waals surface area contributed by atoms with Gasteiger partial charge in [0, 0.05) is 11.8 Å². The van der Waals surface area contributed by atoms with E-state index in [2.05, 4.69) is 11.1 Å². The first kappa shape index (κ1) is 19.4. The van der Waals surface area contributed by atoms with E-state index in [1.165, 1.54) is 32.1 Å². The van der Waals surface area contributed by atoms with Gasteiger partial charge >= 0.3 is 5.97 Å². The molecule has 0 atom stereocenters. The third-order valence-corrected chi connectivity index (χ3v) is 6.06. The molecule has 5 rings (SSSR count). The number of rotatable bonds is 4. The first-order chi connectivity index (χ1) is 15.1. The first-order valence-corrected chi connectivity index (χ1v) is 10.5. The van der Waals surface area contributed by atoms with E-state index in [1.54, 1.807) is 23.0 Å². The van der Waals surface area contributed by atoms with Crippen LogP contribution in [-0.4, -0.2) is 27.8 Å². The summed E-state index contributed by atoms with van der Waals surface area (Å²) < 4.78 is 20.0. The lowest BCUT2D eigenvalue weighted by atomic mass is 9.89. The van der Waals surface area contributed by atoms with Gasteiger partial charge in [0.25, 0.3) is 0 Å². The minimum Gasteiger partial charge on any atom is -0.465 e. The maximum absolute atomic E-state index is 13.3. The highest BCUT2D eigenvalue weighted by Crippen LogP contribution is 2.38. The van der Waals surface area contributed by atoms with Crippen molar-refractivity contribution in [3.63, 3.8) is 0 Å². The predicted octanol–water partition coefficient (Wildman–Crippen LogP) is 5.67. The molecule has 0 radical (unpaired) electrons. The largest absolute Gasteiger partial charge is 0.465 e. The monoisotopic (exact) mass is 415 g/mol. The lowest BCUT2D eigenvalue weighted by Gasteiger charge is -2.16. The van der Waals surface area contributed by atoms with Crippen LogP contribution in [0.5, 0.6) is 0 Å². The number of aromatic nitrogens is 3. The van der Waals surface area contributed by atoms with Gasteiger partial charge in [0.2, 0.25) is 0 Å². The van der Waals surface area contributed by atoms with E-state index in [0.717, 1.165) is 46.3 Å². The molecule has 0 aliphatic heterocycles. The van der Waals surface area contributed by atoms with Crippen molar-refractivity contribution in [1.82, 2.24) is 14.8 Å². The molecule has 0 bridgehead atoms. The maximum Gasteiger partial charge on any atom is 0.338 e. The fourth-order valence-electron chi connectivity index (χ4n) is 4.48. The summed E-state index contributed by atoms with van der Waals surface area (Å²) in [7, 11) is 1.42. The van der Waals surface area contributed by atoms with Crippen LogP contribution in [0, 0.1) is 5.82 Å². The van der Waals surface area contributed by atoms with Crippen molar-refractivity contribution in [3.05, 3.63) is 77.9 Å². The fourth-order valence-corrected chi connectivity index (χ4v) is 4.48. The van der Waals surface area contributed by atoms with E-state index in [9.17, 15) is 9.18 Å². The van der Waals surface area contributed by atoms with Crippen molar-refractivity contribution in [3.8, 4) is 16.8 Å². The fraction of sp³-hybridized carbons (Fsp3) is 0.240. The summed E-state index contributed by atoms with van der Waals surface area (Å²) in [4.78, 5) is 16.8. The Morgan fingerprint density at radius 1 is 1.10 bits per heavy atom. The number of ether oxygens (including phenoxy) is 1. The molecule has 156 valence electrons. The Balaban J connectivity index is 1.62. The van der Waals surface area contributed by atoms with E-state index in [4.69, 9.17) is 9.84 Å². The third-order valence-electron chi connectivity index (χ3n) is 6.06. The Bertz CT molecular complexity index is 1260. The second kappa shape index (κ2) is 7.95. The maximum atomic E-state index is 13.3. The number of fused-ring (bicyclic) bond motifs is 1. The van der Waals surface area contributed by atoms with E-state index in [0.29, 0.717) is 11.5 Å². The summed E-state index contributed by atoms with van der Waals surface area (Å²) >= 11 is 0. The number of esters is 1. The summed E-state index contributed by atoms with van der Waals surface area (Å²) in [5.74, 6) is -0.221. The van der Waals surface area contributed by atoms with Crippen LogP contribution in [0.4, 0.5) is 4.39 Å². The highest BCUT2D eigenvalue weighted by molar-refractivity contribution is 5.95. The van der Waals surface area contributed by atoms with Gasteiger partial charge in [-0.15, -0.1) is 0 Å².